The number of anilines is 3. The van der Waals surface area contributed by atoms with Gasteiger partial charge in [-0.2, -0.15) is 0 Å². The van der Waals surface area contributed by atoms with Crippen molar-refractivity contribution in [2.24, 2.45) is 0 Å². The molecule has 0 atom stereocenters. The molecule has 0 unspecified atom stereocenters. The van der Waals surface area contributed by atoms with E-state index in [0.717, 1.165) is 23.6 Å². The second kappa shape index (κ2) is 7.83. The monoisotopic (exact) mass is 317 g/mol. The minimum Gasteiger partial charge on any atom is -0.381 e. The minimum atomic E-state index is -0.258. The van der Waals surface area contributed by atoms with Gasteiger partial charge in [0, 0.05) is 23.6 Å². The van der Waals surface area contributed by atoms with Gasteiger partial charge in [0.05, 0.1) is 0 Å². The number of carbonyl (C=O) groups excluding carboxylic acids is 1. The van der Waals surface area contributed by atoms with E-state index < -0.39 is 0 Å². The summed E-state index contributed by atoms with van der Waals surface area (Å²) in [4.78, 5) is 11.9. The smallest absolute Gasteiger partial charge is 0.323 e. The summed E-state index contributed by atoms with van der Waals surface area (Å²) in [7, 11) is 0. The number of hydrogen-bond donors (Lipinski definition) is 3. The first-order chi connectivity index (χ1) is 11.8. The number of carbonyl (C=O) groups is 1. The van der Waals surface area contributed by atoms with Crippen molar-refractivity contribution >= 4 is 23.1 Å². The normalized spacial score (nSPS) is 10.0. The lowest BCUT2D eigenvalue weighted by atomic mass is 10.2. The van der Waals surface area contributed by atoms with Crippen molar-refractivity contribution in [3.05, 3.63) is 90.5 Å². The number of rotatable bonds is 5. The molecule has 0 bridgehead atoms. The molecular formula is C20H19N3O. The van der Waals surface area contributed by atoms with E-state index in [1.807, 2.05) is 72.8 Å². The summed E-state index contributed by atoms with van der Waals surface area (Å²) in [5.41, 5.74) is 3.74. The summed E-state index contributed by atoms with van der Waals surface area (Å²) >= 11 is 0. The van der Waals surface area contributed by atoms with Gasteiger partial charge in [-0.1, -0.05) is 48.5 Å². The van der Waals surface area contributed by atoms with E-state index in [1.54, 1.807) is 0 Å². The van der Waals surface area contributed by atoms with Gasteiger partial charge in [-0.3, -0.25) is 0 Å². The molecule has 2 amide bonds. The number of hydrogen-bond acceptors (Lipinski definition) is 2. The fourth-order valence-electron chi connectivity index (χ4n) is 2.29. The molecule has 0 fully saturated rings. The highest BCUT2D eigenvalue weighted by molar-refractivity contribution is 5.99. The molecule has 0 aromatic heterocycles. The second-order valence-corrected chi connectivity index (χ2v) is 5.36. The van der Waals surface area contributed by atoms with Crippen molar-refractivity contribution in [2.45, 2.75) is 6.54 Å². The lowest BCUT2D eigenvalue weighted by molar-refractivity contribution is 0.262. The van der Waals surface area contributed by atoms with Crippen LogP contribution in [0.3, 0.4) is 0 Å². The zero-order valence-corrected chi connectivity index (χ0v) is 13.2. The van der Waals surface area contributed by atoms with Gasteiger partial charge in [0.1, 0.15) is 0 Å². The van der Waals surface area contributed by atoms with Crippen molar-refractivity contribution in [2.75, 3.05) is 16.0 Å². The fraction of sp³-hybridized carbons (Fsp3) is 0.0500. The Hall–Kier alpha value is -3.27. The van der Waals surface area contributed by atoms with Crippen LogP contribution in [0.25, 0.3) is 0 Å². The van der Waals surface area contributed by atoms with E-state index in [4.69, 9.17) is 0 Å². The first-order valence-corrected chi connectivity index (χ1v) is 7.80. The minimum absolute atomic E-state index is 0.258. The molecule has 0 spiro atoms. The maximum Gasteiger partial charge on any atom is 0.323 e. The van der Waals surface area contributed by atoms with Crippen LogP contribution < -0.4 is 16.0 Å². The molecule has 4 heteroatoms. The Morgan fingerprint density at radius 1 is 0.625 bits per heavy atom. The summed E-state index contributed by atoms with van der Waals surface area (Å²) in [5.74, 6) is 0. The van der Waals surface area contributed by atoms with E-state index >= 15 is 0 Å². The molecule has 3 aromatic rings. The van der Waals surface area contributed by atoms with Gasteiger partial charge >= 0.3 is 6.03 Å². The first kappa shape index (κ1) is 15.6. The third-order valence-electron chi connectivity index (χ3n) is 3.51. The summed E-state index contributed by atoms with van der Waals surface area (Å²) < 4.78 is 0. The maximum absolute atomic E-state index is 11.9. The summed E-state index contributed by atoms with van der Waals surface area (Å²) in [6.45, 7) is 0.766. The number of para-hydroxylation sites is 1. The number of amides is 2. The number of benzene rings is 3. The van der Waals surface area contributed by atoms with Crippen molar-refractivity contribution in [1.82, 2.24) is 0 Å². The van der Waals surface area contributed by atoms with Gasteiger partial charge in [0.15, 0.2) is 0 Å². The highest BCUT2D eigenvalue weighted by Gasteiger charge is 2.02. The topological polar surface area (TPSA) is 53.2 Å². The molecule has 120 valence electrons. The SMILES string of the molecule is O=C(Nc1ccccc1)Nc1ccc(NCc2ccccc2)cc1. The zero-order valence-electron chi connectivity index (χ0n) is 13.2. The second-order valence-electron chi connectivity index (χ2n) is 5.36. The number of urea groups is 1. The highest BCUT2D eigenvalue weighted by atomic mass is 16.2. The van der Waals surface area contributed by atoms with Crippen LogP contribution in [-0.2, 0) is 6.54 Å². The lowest BCUT2D eigenvalue weighted by Gasteiger charge is -2.10. The van der Waals surface area contributed by atoms with Crippen LogP contribution >= 0.6 is 0 Å². The molecule has 3 rings (SSSR count). The molecular weight excluding hydrogens is 298 g/mol. The maximum atomic E-state index is 11.9. The van der Waals surface area contributed by atoms with E-state index in [-0.39, 0.29) is 6.03 Å². The Morgan fingerprint density at radius 3 is 1.75 bits per heavy atom. The van der Waals surface area contributed by atoms with Gasteiger partial charge < -0.3 is 16.0 Å². The Kier molecular flexibility index (Phi) is 5.10. The van der Waals surface area contributed by atoms with Crippen LogP contribution in [0.1, 0.15) is 5.56 Å². The van der Waals surface area contributed by atoms with Gasteiger partial charge in [0.2, 0.25) is 0 Å². The molecule has 3 aromatic carbocycles. The van der Waals surface area contributed by atoms with Gasteiger partial charge in [0.25, 0.3) is 0 Å². The Morgan fingerprint density at radius 2 is 1.12 bits per heavy atom. The molecule has 3 N–H and O–H groups in total. The van der Waals surface area contributed by atoms with Gasteiger partial charge in [-0.15, -0.1) is 0 Å². The molecule has 0 aliphatic carbocycles. The third kappa shape index (κ3) is 4.61. The summed E-state index contributed by atoms with van der Waals surface area (Å²) in [5, 5.41) is 8.95. The summed E-state index contributed by atoms with van der Waals surface area (Å²) in [6, 6.07) is 26.9. The molecule has 0 heterocycles. The highest BCUT2D eigenvalue weighted by Crippen LogP contribution is 2.15. The molecule has 0 aliphatic rings. The molecule has 24 heavy (non-hydrogen) atoms. The average molecular weight is 317 g/mol. The standard InChI is InChI=1S/C20H19N3O/c24-20(22-18-9-5-2-6-10-18)23-19-13-11-17(12-14-19)21-15-16-7-3-1-4-8-16/h1-14,21H,15H2,(H2,22,23,24). The van der Waals surface area contributed by atoms with Crippen LogP contribution in [-0.4, -0.2) is 6.03 Å². The van der Waals surface area contributed by atoms with Crippen LogP contribution in [0.4, 0.5) is 21.9 Å². The van der Waals surface area contributed by atoms with E-state index in [1.165, 1.54) is 5.56 Å². The molecule has 0 saturated heterocycles. The van der Waals surface area contributed by atoms with E-state index in [0.29, 0.717) is 0 Å². The van der Waals surface area contributed by atoms with Crippen molar-refractivity contribution < 1.29 is 4.79 Å². The van der Waals surface area contributed by atoms with Gasteiger partial charge in [-0.05, 0) is 42.0 Å². The quantitative estimate of drug-likeness (QED) is 0.624. The molecule has 4 nitrogen and oxygen atoms in total. The van der Waals surface area contributed by atoms with Crippen LogP contribution in [0.2, 0.25) is 0 Å². The lowest BCUT2D eigenvalue weighted by Crippen LogP contribution is -2.19. The van der Waals surface area contributed by atoms with Crippen LogP contribution in [0.15, 0.2) is 84.9 Å². The van der Waals surface area contributed by atoms with Gasteiger partial charge in [-0.25, -0.2) is 4.79 Å². The Labute approximate surface area is 141 Å². The fourth-order valence-corrected chi connectivity index (χ4v) is 2.29. The van der Waals surface area contributed by atoms with E-state index in [9.17, 15) is 4.79 Å². The van der Waals surface area contributed by atoms with Crippen LogP contribution in [0.5, 0.6) is 0 Å². The number of nitrogens with one attached hydrogen (secondary N) is 3. The Balaban J connectivity index is 1.51. The van der Waals surface area contributed by atoms with E-state index in [2.05, 4.69) is 28.1 Å². The van der Waals surface area contributed by atoms with Crippen molar-refractivity contribution in [1.29, 1.82) is 0 Å². The third-order valence-corrected chi connectivity index (χ3v) is 3.51. The first-order valence-electron chi connectivity index (χ1n) is 7.80. The van der Waals surface area contributed by atoms with Crippen LogP contribution in [0, 0.1) is 0 Å². The zero-order chi connectivity index (χ0) is 16.6. The molecule has 0 radical (unpaired) electrons. The predicted molar refractivity (Wildman–Crippen MR) is 99.3 cm³/mol. The van der Waals surface area contributed by atoms with Crippen molar-refractivity contribution in [3.63, 3.8) is 0 Å². The molecule has 0 saturated carbocycles. The predicted octanol–water partition coefficient (Wildman–Crippen LogP) is 4.94. The largest absolute Gasteiger partial charge is 0.381 e. The Bertz CT molecular complexity index is 771. The van der Waals surface area contributed by atoms with Crippen molar-refractivity contribution in [3.8, 4) is 0 Å². The molecule has 0 aliphatic heterocycles. The average Bonchev–Trinajstić information content (AvgIpc) is 2.63. The summed E-state index contributed by atoms with van der Waals surface area (Å²) in [6.07, 6.45) is 0.